The van der Waals surface area contributed by atoms with Crippen molar-refractivity contribution in [3.8, 4) is 11.6 Å². The molecule has 0 radical (unpaired) electrons. The zero-order valence-electron chi connectivity index (χ0n) is 25.5. The molecule has 3 aliphatic rings. The Balaban J connectivity index is 1.60. The second-order valence-corrected chi connectivity index (χ2v) is 12.8. The van der Waals surface area contributed by atoms with E-state index in [1.54, 1.807) is 52.0 Å². The molecule has 1 aromatic heterocycles. The van der Waals surface area contributed by atoms with Crippen LogP contribution in [0.2, 0.25) is 0 Å². The Hall–Kier alpha value is -3.58. The summed E-state index contributed by atoms with van der Waals surface area (Å²) in [5, 5.41) is 24.7. The molecule has 5 rings (SSSR count). The number of aliphatic hydroxyl groups is 1. The van der Waals surface area contributed by atoms with Gasteiger partial charge in [0.1, 0.15) is 30.2 Å². The number of aliphatic carboxylic acids is 1. The number of aliphatic hydroxyl groups excluding tert-OH is 1. The van der Waals surface area contributed by atoms with Crippen LogP contribution in [0.25, 0.3) is 11.0 Å². The Labute approximate surface area is 254 Å². The predicted molar refractivity (Wildman–Crippen MR) is 156 cm³/mol. The van der Waals surface area contributed by atoms with Crippen molar-refractivity contribution in [2.75, 3.05) is 13.7 Å². The molecular weight excluding hydrogens is 578 g/mol. The van der Waals surface area contributed by atoms with Gasteiger partial charge in [-0.2, -0.15) is 8.78 Å². The number of amides is 1. The van der Waals surface area contributed by atoms with Crippen molar-refractivity contribution in [3.05, 3.63) is 35.5 Å². The normalized spacial score (nSPS) is 32.0. The first-order valence-corrected chi connectivity index (χ1v) is 15.0. The van der Waals surface area contributed by atoms with Gasteiger partial charge < -0.3 is 29.7 Å². The lowest BCUT2D eigenvalue weighted by molar-refractivity contribution is -0.150. The highest BCUT2D eigenvalue weighted by atomic mass is 19.3. The van der Waals surface area contributed by atoms with E-state index in [1.165, 1.54) is 12.0 Å². The Kier molecular flexibility index (Phi) is 8.74. The molecule has 44 heavy (non-hydrogen) atoms. The van der Waals surface area contributed by atoms with Crippen LogP contribution < -0.4 is 14.8 Å². The summed E-state index contributed by atoms with van der Waals surface area (Å²) in [5.74, 6) is -5.27. The molecule has 0 spiro atoms. The molecule has 2 aromatic rings. The fourth-order valence-electron chi connectivity index (χ4n) is 6.16. The van der Waals surface area contributed by atoms with Gasteiger partial charge in [0.05, 0.1) is 24.2 Å². The number of aromatic nitrogens is 2. The number of fused-ring (bicyclic) bond motifs is 5. The number of rotatable bonds is 3. The van der Waals surface area contributed by atoms with E-state index in [-0.39, 0.29) is 24.0 Å². The number of hydrogen-bond donors (Lipinski definition) is 3. The van der Waals surface area contributed by atoms with Crippen LogP contribution in [0.4, 0.5) is 13.6 Å². The number of allylic oxidation sites excluding steroid dienone is 1. The summed E-state index contributed by atoms with van der Waals surface area (Å²) in [6, 6.07) is 2.54. The van der Waals surface area contributed by atoms with Gasteiger partial charge in [-0.25, -0.2) is 14.8 Å². The lowest BCUT2D eigenvalue weighted by atomic mass is 9.85. The van der Waals surface area contributed by atoms with Crippen LogP contribution in [-0.2, 0) is 15.5 Å². The Morgan fingerprint density at radius 3 is 2.64 bits per heavy atom. The number of alkyl halides is 2. The molecule has 1 aromatic carbocycles. The van der Waals surface area contributed by atoms with E-state index < -0.39 is 77.8 Å². The molecule has 2 fully saturated rings. The maximum atomic E-state index is 15.9. The predicted octanol–water partition coefficient (Wildman–Crippen LogP) is 4.61. The fourth-order valence-corrected chi connectivity index (χ4v) is 6.16. The summed E-state index contributed by atoms with van der Waals surface area (Å²) < 4.78 is 48.8. The van der Waals surface area contributed by atoms with Gasteiger partial charge in [0, 0.05) is 31.4 Å². The highest BCUT2D eigenvalue weighted by Crippen LogP contribution is 2.42. The maximum Gasteiger partial charge on any atom is 0.408 e. The van der Waals surface area contributed by atoms with Gasteiger partial charge in [-0.05, 0) is 42.4 Å². The summed E-state index contributed by atoms with van der Waals surface area (Å²) in [6.07, 6.45) is -1.07. The minimum atomic E-state index is -3.41. The molecule has 7 atom stereocenters. The van der Waals surface area contributed by atoms with E-state index in [1.807, 2.05) is 0 Å². The molecule has 1 aliphatic carbocycles. The number of carboxylic acid groups (broad SMARTS) is 1. The molecule has 3 heterocycles. The number of halogens is 2. The zero-order chi connectivity index (χ0) is 32.0. The Morgan fingerprint density at radius 1 is 1.23 bits per heavy atom. The van der Waals surface area contributed by atoms with Gasteiger partial charge in [-0.1, -0.05) is 33.8 Å². The molecule has 2 unspecified atom stereocenters. The summed E-state index contributed by atoms with van der Waals surface area (Å²) in [4.78, 5) is 35.6. The number of methoxy groups -OCH3 is 1. The molecule has 3 N–H and O–H groups in total. The van der Waals surface area contributed by atoms with Gasteiger partial charge in [0.15, 0.2) is 5.69 Å². The molecule has 11 nitrogen and oxygen atoms in total. The highest BCUT2D eigenvalue weighted by molar-refractivity contribution is 5.77. The Morgan fingerprint density at radius 2 is 1.98 bits per heavy atom. The van der Waals surface area contributed by atoms with Crippen molar-refractivity contribution >= 4 is 23.1 Å². The second kappa shape index (κ2) is 12.1. The third-order valence-electron chi connectivity index (χ3n) is 8.67. The van der Waals surface area contributed by atoms with Crippen molar-refractivity contribution in [1.82, 2.24) is 20.2 Å². The van der Waals surface area contributed by atoms with Crippen LogP contribution in [0.5, 0.6) is 11.6 Å². The minimum absolute atomic E-state index is 0.127. The number of benzene rings is 1. The quantitative estimate of drug-likeness (QED) is 0.417. The van der Waals surface area contributed by atoms with Crippen molar-refractivity contribution in [1.29, 1.82) is 0 Å². The summed E-state index contributed by atoms with van der Waals surface area (Å²) in [5.41, 5.74) is -0.00259. The van der Waals surface area contributed by atoms with E-state index >= 15 is 8.78 Å². The van der Waals surface area contributed by atoms with Crippen LogP contribution in [0, 0.1) is 11.3 Å². The average molecular weight is 619 g/mol. The van der Waals surface area contributed by atoms with Crippen molar-refractivity contribution in [3.63, 3.8) is 0 Å². The number of ether oxygens (including phenoxy) is 3. The Bertz CT molecular complexity index is 1450. The SMILES string of the molecule is CC[C@@H]1[C@@H]2CN(C(O)[C@H](C(C)(C)C)NC(=O)O[C@@H]3C/C3=C/CCCC(F)(F)c3nc4ccc(OC)cc4nc3O2)[C@@H]1C(=O)O. The van der Waals surface area contributed by atoms with Crippen LogP contribution in [0.3, 0.4) is 0 Å². The average Bonchev–Trinajstić information content (AvgIpc) is 3.58. The lowest BCUT2D eigenvalue weighted by Gasteiger charge is -2.40. The molecule has 2 bridgehead atoms. The van der Waals surface area contributed by atoms with Crippen LogP contribution in [0.15, 0.2) is 29.8 Å². The first-order chi connectivity index (χ1) is 20.7. The first-order valence-electron chi connectivity index (χ1n) is 15.0. The van der Waals surface area contributed by atoms with Gasteiger partial charge in [0.2, 0.25) is 5.88 Å². The number of carbonyl (C=O) groups is 2. The number of carbonyl (C=O) groups excluding carboxylic acids is 1. The number of carboxylic acids is 1. The van der Waals surface area contributed by atoms with E-state index in [0.717, 1.165) is 5.57 Å². The van der Waals surface area contributed by atoms with Gasteiger partial charge in [0.25, 0.3) is 5.92 Å². The molecule has 13 heteroatoms. The standard InChI is InChI=1S/C31H40F2N4O7/c1-6-18-22-15-37(23(18)28(39)40)27(38)25(30(2,3)4)36-29(41)44-21-13-16(21)9-7-8-12-31(32,33)24-26(43-22)35-20-14-17(42-5)10-11-19(20)34-24/h9-11,14,18,21-23,25,27,38H,6-8,12-13,15H2,1-5H3,(H,36,41)(H,39,40)/b16-9-/t18-,21-,22+,23+,25-,27?/m1/s1. The van der Waals surface area contributed by atoms with Crippen LogP contribution >= 0.6 is 0 Å². The van der Waals surface area contributed by atoms with Crippen LogP contribution in [0.1, 0.15) is 65.5 Å². The van der Waals surface area contributed by atoms with Gasteiger partial charge in [-0.15, -0.1) is 0 Å². The summed E-state index contributed by atoms with van der Waals surface area (Å²) in [6.45, 7) is 7.06. The maximum absolute atomic E-state index is 15.9. The first kappa shape index (κ1) is 31.8. The van der Waals surface area contributed by atoms with Crippen molar-refractivity contribution < 1.29 is 42.8 Å². The van der Waals surface area contributed by atoms with Crippen molar-refractivity contribution in [2.45, 2.75) is 96.2 Å². The molecule has 1 amide bonds. The smallest absolute Gasteiger partial charge is 0.408 e. The zero-order valence-corrected chi connectivity index (χ0v) is 25.5. The number of nitrogens with zero attached hydrogens (tertiary/aromatic N) is 3. The monoisotopic (exact) mass is 618 g/mol. The van der Waals surface area contributed by atoms with Gasteiger partial charge >= 0.3 is 12.1 Å². The molecule has 240 valence electrons. The summed E-state index contributed by atoms with van der Waals surface area (Å²) >= 11 is 0. The number of nitrogens with one attached hydrogen (secondary N) is 1. The van der Waals surface area contributed by atoms with Gasteiger partial charge in [-0.3, -0.25) is 9.69 Å². The highest BCUT2D eigenvalue weighted by Gasteiger charge is 2.52. The molecular formula is C31H40F2N4O7. The van der Waals surface area contributed by atoms with E-state index in [2.05, 4.69) is 15.3 Å². The van der Waals surface area contributed by atoms with E-state index in [9.17, 15) is 19.8 Å². The largest absolute Gasteiger partial charge is 0.497 e. The third kappa shape index (κ3) is 6.44. The second-order valence-electron chi connectivity index (χ2n) is 12.8. The fraction of sp³-hybridized carbons (Fsp3) is 0.613. The third-order valence-corrected chi connectivity index (χ3v) is 8.67. The van der Waals surface area contributed by atoms with Crippen molar-refractivity contribution in [2.24, 2.45) is 11.3 Å². The van der Waals surface area contributed by atoms with Crippen LogP contribution in [-0.4, -0.2) is 81.3 Å². The lowest BCUT2D eigenvalue weighted by Crippen LogP contribution is -2.60. The topological polar surface area (TPSA) is 143 Å². The minimum Gasteiger partial charge on any atom is -0.497 e. The van der Waals surface area contributed by atoms with E-state index in [4.69, 9.17) is 14.2 Å². The number of alkyl carbamates (subject to hydrolysis) is 1. The molecule has 1 saturated carbocycles. The number of hydrogen-bond acceptors (Lipinski definition) is 9. The summed E-state index contributed by atoms with van der Waals surface area (Å²) in [7, 11) is 1.47. The molecule has 2 aliphatic heterocycles. The van der Waals surface area contributed by atoms with E-state index in [0.29, 0.717) is 25.0 Å². The molecule has 1 saturated heterocycles.